The van der Waals surface area contributed by atoms with Crippen LogP contribution in [0.25, 0.3) is 0 Å². The number of hydrogen-bond acceptors (Lipinski definition) is 8. The molecule has 2 fully saturated rings. The average molecular weight is 482 g/mol. The Morgan fingerprint density at radius 3 is 2.72 bits per heavy atom. The van der Waals surface area contributed by atoms with Gasteiger partial charge in [0.15, 0.2) is 5.82 Å². The molecule has 4 rings (SSSR count). The molecule has 1 aromatic carbocycles. The van der Waals surface area contributed by atoms with E-state index in [0.29, 0.717) is 35.7 Å². The lowest BCUT2D eigenvalue weighted by Gasteiger charge is -2.51. The second-order valence-electron chi connectivity index (χ2n) is 8.23. The molecule has 11 heteroatoms. The van der Waals surface area contributed by atoms with Gasteiger partial charge in [-0.2, -0.15) is 4.98 Å². The summed E-state index contributed by atoms with van der Waals surface area (Å²) in [5.74, 6) is 1.06. The Hall–Kier alpha value is -1.98. The van der Waals surface area contributed by atoms with Gasteiger partial charge in [-0.25, -0.2) is 18.1 Å². The van der Waals surface area contributed by atoms with Gasteiger partial charge in [0, 0.05) is 25.9 Å². The van der Waals surface area contributed by atoms with Crippen LogP contribution in [-0.2, 0) is 19.5 Å². The Kier molecular flexibility index (Phi) is 6.87. The third kappa shape index (κ3) is 4.99. The van der Waals surface area contributed by atoms with Crippen molar-refractivity contribution in [2.75, 3.05) is 43.6 Å². The third-order valence-electron chi connectivity index (χ3n) is 5.90. The SMILES string of the molecule is COCCNS(=O)(=O)c1ccc(Nc2ncc(Cl)c(N3CC4(CCC4)OC[C@@H]3C)n2)cc1. The maximum absolute atomic E-state index is 12.3. The summed E-state index contributed by atoms with van der Waals surface area (Å²) in [7, 11) is -2.07. The summed E-state index contributed by atoms with van der Waals surface area (Å²) in [6.45, 7) is 4.00. The van der Waals surface area contributed by atoms with E-state index in [-0.39, 0.29) is 23.1 Å². The summed E-state index contributed by atoms with van der Waals surface area (Å²) >= 11 is 6.46. The van der Waals surface area contributed by atoms with Crippen molar-refractivity contribution in [3.05, 3.63) is 35.5 Å². The quantitative estimate of drug-likeness (QED) is 0.554. The first-order valence-electron chi connectivity index (χ1n) is 10.6. The Balaban J connectivity index is 1.48. The number of methoxy groups -OCH3 is 1. The van der Waals surface area contributed by atoms with E-state index in [1.165, 1.54) is 25.7 Å². The molecule has 32 heavy (non-hydrogen) atoms. The highest BCUT2D eigenvalue weighted by molar-refractivity contribution is 7.89. The van der Waals surface area contributed by atoms with Gasteiger partial charge in [0.2, 0.25) is 16.0 Å². The zero-order chi connectivity index (χ0) is 22.8. The number of benzene rings is 1. The minimum absolute atomic E-state index is 0.0903. The van der Waals surface area contributed by atoms with Gasteiger partial charge in [0.1, 0.15) is 5.02 Å². The van der Waals surface area contributed by atoms with E-state index >= 15 is 0 Å². The number of hydrogen-bond donors (Lipinski definition) is 2. The van der Waals surface area contributed by atoms with Crippen molar-refractivity contribution in [1.82, 2.24) is 14.7 Å². The monoisotopic (exact) mass is 481 g/mol. The molecule has 9 nitrogen and oxygen atoms in total. The van der Waals surface area contributed by atoms with Gasteiger partial charge >= 0.3 is 0 Å². The number of aromatic nitrogens is 2. The lowest BCUT2D eigenvalue weighted by molar-refractivity contribution is -0.117. The molecule has 0 radical (unpaired) electrons. The van der Waals surface area contributed by atoms with Gasteiger partial charge in [0.25, 0.3) is 0 Å². The number of halogens is 1. The van der Waals surface area contributed by atoms with Gasteiger partial charge in [-0.15, -0.1) is 0 Å². The summed E-state index contributed by atoms with van der Waals surface area (Å²) in [5.41, 5.74) is 0.576. The topological polar surface area (TPSA) is 106 Å². The first kappa shape index (κ1) is 23.2. The van der Waals surface area contributed by atoms with Crippen molar-refractivity contribution in [1.29, 1.82) is 0 Å². The zero-order valence-electron chi connectivity index (χ0n) is 18.2. The molecule has 1 spiro atoms. The molecule has 2 N–H and O–H groups in total. The number of ether oxygens (including phenoxy) is 2. The Labute approximate surface area is 193 Å². The maximum Gasteiger partial charge on any atom is 0.240 e. The second kappa shape index (κ2) is 9.48. The van der Waals surface area contributed by atoms with Crippen molar-refractivity contribution < 1.29 is 17.9 Å². The van der Waals surface area contributed by atoms with E-state index in [0.717, 1.165) is 19.4 Å². The van der Waals surface area contributed by atoms with Gasteiger partial charge in [-0.05, 0) is 50.5 Å². The Morgan fingerprint density at radius 2 is 2.06 bits per heavy atom. The second-order valence-corrected chi connectivity index (χ2v) is 10.4. The van der Waals surface area contributed by atoms with Crippen LogP contribution in [-0.4, -0.2) is 63.4 Å². The van der Waals surface area contributed by atoms with Crippen LogP contribution in [0.3, 0.4) is 0 Å². The van der Waals surface area contributed by atoms with Crippen LogP contribution in [0.5, 0.6) is 0 Å². The van der Waals surface area contributed by atoms with Crippen molar-refractivity contribution in [3.8, 4) is 0 Å². The van der Waals surface area contributed by atoms with Gasteiger partial charge < -0.3 is 19.7 Å². The summed E-state index contributed by atoms with van der Waals surface area (Å²) in [5, 5.41) is 3.62. The highest BCUT2D eigenvalue weighted by Gasteiger charge is 2.44. The number of anilines is 3. The minimum atomic E-state index is -3.59. The first-order valence-corrected chi connectivity index (χ1v) is 12.5. The summed E-state index contributed by atoms with van der Waals surface area (Å²) < 4.78 is 38.1. The predicted molar refractivity (Wildman–Crippen MR) is 123 cm³/mol. The van der Waals surface area contributed by atoms with Gasteiger partial charge in [-0.3, -0.25) is 0 Å². The smallest absolute Gasteiger partial charge is 0.240 e. The first-order chi connectivity index (χ1) is 15.3. The molecule has 174 valence electrons. The molecule has 2 heterocycles. The highest BCUT2D eigenvalue weighted by atomic mass is 35.5. The molecule has 1 atom stereocenters. The van der Waals surface area contributed by atoms with Crippen LogP contribution >= 0.6 is 11.6 Å². The molecule has 1 aliphatic carbocycles. The molecule has 0 bridgehead atoms. The fourth-order valence-corrected chi connectivity index (χ4v) is 5.10. The van der Waals surface area contributed by atoms with Crippen molar-refractivity contribution in [3.63, 3.8) is 0 Å². The third-order valence-corrected chi connectivity index (χ3v) is 7.65. The van der Waals surface area contributed by atoms with Crippen molar-refractivity contribution in [2.45, 2.75) is 42.7 Å². The minimum Gasteiger partial charge on any atom is -0.383 e. The van der Waals surface area contributed by atoms with E-state index in [9.17, 15) is 8.42 Å². The molecule has 1 aromatic heterocycles. The number of nitrogens with one attached hydrogen (secondary N) is 2. The molecule has 2 aliphatic rings. The lowest BCUT2D eigenvalue weighted by atomic mass is 9.78. The van der Waals surface area contributed by atoms with Crippen LogP contribution in [0.1, 0.15) is 26.2 Å². The summed E-state index contributed by atoms with van der Waals surface area (Å²) in [4.78, 5) is 11.3. The standard InChI is InChI=1S/C21H28ClN5O4S/c1-15-13-31-21(8-3-9-21)14-27(15)19-18(22)12-23-20(26-19)25-16-4-6-17(7-5-16)32(28,29)24-10-11-30-2/h4-7,12,15,24H,3,8-11,13-14H2,1-2H3,(H,23,25,26)/t15-/m0/s1. The zero-order valence-corrected chi connectivity index (χ0v) is 19.7. The predicted octanol–water partition coefficient (Wildman–Crippen LogP) is 2.95. The van der Waals surface area contributed by atoms with Gasteiger partial charge in [0.05, 0.1) is 35.9 Å². The molecule has 2 aromatic rings. The van der Waals surface area contributed by atoms with Crippen LogP contribution in [0, 0.1) is 0 Å². The molecular weight excluding hydrogens is 454 g/mol. The fourth-order valence-electron chi connectivity index (χ4n) is 3.88. The highest BCUT2D eigenvalue weighted by Crippen LogP contribution is 2.41. The van der Waals surface area contributed by atoms with Gasteiger partial charge in [-0.1, -0.05) is 11.6 Å². The maximum atomic E-state index is 12.3. The van der Waals surface area contributed by atoms with Crippen LogP contribution in [0.2, 0.25) is 5.02 Å². The Bertz CT molecular complexity index is 1050. The summed E-state index contributed by atoms with van der Waals surface area (Å²) in [6, 6.07) is 6.54. The number of sulfonamides is 1. The largest absolute Gasteiger partial charge is 0.383 e. The molecule has 1 saturated heterocycles. The average Bonchev–Trinajstić information content (AvgIpc) is 2.75. The normalized spacial score (nSPS) is 20.2. The molecular formula is C21H28ClN5O4S. The number of morpholine rings is 1. The van der Waals surface area contributed by atoms with Crippen LogP contribution in [0.4, 0.5) is 17.5 Å². The lowest BCUT2D eigenvalue weighted by Crippen LogP contribution is -2.59. The number of rotatable bonds is 8. The molecule has 1 aliphatic heterocycles. The van der Waals surface area contributed by atoms with Crippen molar-refractivity contribution >= 4 is 39.1 Å². The fraction of sp³-hybridized carbons (Fsp3) is 0.524. The van der Waals surface area contributed by atoms with Crippen LogP contribution in [0.15, 0.2) is 35.4 Å². The molecule has 0 amide bonds. The van der Waals surface area contributed by atoms with Crippen molar-refractivity contribution in [2.24, 2.45) is 0 Å². The Morgan fingerprint density at radius 1 is 1.31 bits per heavy atom. The summed E-state index contributed by atoms with van der Waals surface area (Å²) in [6.07, 6.45) is 4.87. The van der Waals surface area contributed by atoms with E-state index in [1.807, 2.05) is 0 Å². The molecule has 0 unspecified atom stereocenters. The number of nitrogens with zero attached hydrogens (tertiary/aromatic N) is 3. The van der Waals surface area contributed by atoms with E-state index in [1.54, 1.807) is 18.3 Å². The van der Waals surface area contributed by atoms with E-state index in [2.05, 4.69) is 31.8 Å². The molecule has 1 saturated carbocycles. The van der Waals surface area contributed by atoms with E-state index < -0.39 is 10.0 Å². The van der Waals surface area contributed by atoms with Crippen LogP contribution < -0.4 is 14.9 Å². The van der Waals surface area contributed by atoms with E-state index in [4.69, 9.17) is 21.1 Å².